The van der Waals surface area contributed by atoms with Gasteiger partial charge in [-0.25, -0.2) is 13.2 Å². The van der Waals surface area contributed by atoms with Crippen LogP contribution in [0.2, 0.25) is 5.02 Å². The molecule has 0 aliphatic heterocycles. The van der Waals surface area contributed by atoms with Crippen molar-refractivity contribution in [2.24, 2.45) is 0 Å². The zero-order valence-corrected chi connectivity index (χ0v) is 13.1. The Kier molecular flexibility index (Phi) is 5.05. The number of hydrogen-bond donors (Lipinski definition) is 1. The van der Waals surface area contributed by atoms with Crippen molar-refractivity contribution in [3.63, 3.8) is 0 Å². The van der Waals surface area contributed by atoms with Crippen molar-refractivity contribution in [1.82, 2.24) is 0 Å². The second kappa shape index (κ2) is 6.01. The summed E-state index contributed by atoms with van der Waals surface area (Å²) in [6, 6.07) is 4.02. The van der Waals surface area contributed by atoms with Crippen LogP contribution in [0.25, 0.3) is 0 Å². The number of carbonyl (C=O) groups is 1. The Balaban J connectivity index is 2.71. The fraction of sp³-hybridized carbons (Fsp3) is 0.462. The molecule has 1 aromatic rings. The maximum Gasteiger partial charge on any atom is 0.335 e. The predicted molar refractivity (Wildman–Crippen MR) is 77.4 cm³/mol. The van der Waals surface area contributed by atoms with Crippen LogP contribution in [-0.4, -0.2) is 36.6 Å². The third kappa shape index (κ3) is 4.11. The Bertz CT molecular complexity index is 602. The van der Waals surface area contributed by atoms with Gasteiger partial charge in [-0.15, -0.1) is 0 Å². The number of sulfone groups is 1. The minimum atomic E-state index is -3.26. The van der Waals surface area contributed by atoms with Gasteiger partial charge in [0.2, 0.25) is 0 Å². The summed E-state index contributed by atoms with van der Waals surface area (Å²) in [5.41, 5.74) is 0.0460. The van der Waals surface area contributed by atoms with Gasteiger partial charge in [-0.2, -0.15) is 0 Å². The van der Waals surface area contributed by atoms with E-state index in [0.717, 1.165) is 0 Å². The van der Waals surface area contributed by atoms with Gasteiger partial charge < -0.3 is 9.84 Å². The first kappa shape index (κ1) is 16.8. The Morgan fingerprint density at radius 3 is 2.40 bits per heavy atom. The zero-order valence-electron chi connectivity index (χ0n) is 11.5. The number of ether oxygens (including phenoxy) is 1. The molecule has 0 radical (unpaired) electrons. The van der Waals surface area contributed by atoms with Gasteiger partial charge in [0.25, 0.3) is 0 Å². The van der Waals surface area contributed by atoms with Crippen LogP contribution in [0, 0.1) is 0 Å². The van der Waals surface area contributed by atoms with Crippen LogP contribution in [-0.2, 0) is 9.84 Å². The van der Waals surface area contributed by atoms with Crippen LogP contribution in [0.5, 0.6) is 5.75 Å². The Morgan fingerprint density at radius 2 is 1.95 bits per heavy atom. The molecule has 1 rings (SSSR count). The van der Waals surface area contributed by atoms with E-state index in [-0.39, 0.29) is 28.7 Å². The summed E-state index contributed by atoms with van der Waals surface area (Å²) in [7, 11) is -3.26. The molecule has 0 fully saturated rings. The highest BCUT2D eigenvalue weighted by atomic mass is 35.5. The second-order valence-electron chi connectivity index (χ2n) is 5.23. The number of hydrogen-bond acceptors (Lipinski definition) is 4. The van der Waals surface area contributed by atoms with E-state index in [1.165, 1.54) is 18.2 Å². The summed E-state index contributed by atoms with van der Waals surface area (Å²) in [5, 5.41) is 8.93. The molecule has 0 saturated carbocycles. The van der Waals surface area contributed by atoms with Crippen LogP contribution in [0.1, 0.15) is 31.1 Å². The monoisotopic (exact) mass is 320 g/mol. The molecule has 5 nitrogen and oxygen atoms in total. The van der Waals surface area contributed by atoms with Gasteiger partial charge in [0, 0.05) is 0 Å². The average Bonchev–Trinajstić information content (AvgIpc) is 2.29. The Morgan fingerprint density at radius 1 is 1.35 bits per heavy atom. The zero-order chi connectivity index (χ0) is 15.6. The van der Waals surface area contributed by atoms with E-state index < -0.39 is 20.6 Å². The topological polar surface area (TPSA) is 80.7 Å². The minimum absolute atomic E-state index is 0.0360. The summed E-state index contributed by atoms with van der Waals surface area (Å²) in [4.78, 5) is 10.7. The fourth-order valence-electron chi connectivity index (χ4n) is 1.32. The van der Waals surface area contributed by atoms with Crippen LogP contribution in [0.3, 0.4) is 0 Å². The van der Waals surface area contributed by atoms with Gasteiger partial charge in [-0.1, -0.05) is 11.6 Å². The van der Waals surface area contributed by atoms with E-state index in [0.29, 0.717) is 0 Å². The van der Waals surface area contributed by atoms with E-state index in [2.05, 4.69) is 0 Å². The smallest absolute Gasteiger partial charge is 0.335 e. The summed E-state index contributed by atoms with van der Waals surface area (Å²) in [5.74, 6) is -0.956. The molecule has 0 atom stereocenters. The van der Waals surface area contributed by atoms with Gasteiger partial charge in [0.15, 0.2) is 9.84 Å². The van der Waals surface area contributed by atoms with Crippen molar-refractivity contribution < 1.29 is 23.1 Å². The molecule has 20 heavy (non-hydrogen) atoms. The molecule has 0 aliphatic carbocycles. The van der Waals surface area contributed by atoms with Crippen LogP contribution < -0.4 is 4.74 Å². The van der Waals surface area contributed by atoms with E-state index >= 15 is 0 Å². The minimum Gasteiger partial charge on any atom is -0.491 e. The number of carboxylic acid groups (broad SMARTS) is 1. The summed E-state index contributed by atoms with van der Waals surface area (Å²) in [6.45, 7) is 4.83. The molecule has 0 saturated heterocycles. The van der Waals surface area contributed by atoms with Crippen molar-refractivity contribution in [2.75, 3.05) is 12.4 Å². The van der Waals surface area contributed by atoms with Crippen LogP contribution >= 0.6 is 11.6 Å². The normalized spacial score (nSPS) is 12.2. The van der Waals surface area contributed by atoms with Crippen LogP contribution in [0.15, 0.2) is 18.2 Å². The second-order valence-corrected chi connectivity index (χ2v) is 8.50. The maximum absolute atomic E-state index is 11.9. The van der Waals surface area contributed by atoms with E-state index in [1.54, 1.807) is 20.8 Å². The van der Waals surface area contributed by atoms with E-state index in [4.69, 9.17) is 21.4 Å². The largest absolute Gasteiger partial charge is 0.491 e. The number of halogens is 1. The highest BCUT2D eigenvalue weighted by Crippen LogP contribution is 2.26. The SMILES string of the molecule is CC(C)(C)S(=O)(=O)CCOc1ccc(C(=O)O)cc1Cl. The molecule has 112 valence electrons. The Hall–Kier alpha value is -1.27. The molecular formula is C13H17ClO5S. The molecule has 0 heterocycles. The molecule has 0 aromatic heterocycles. The van der Waals surface area contributed by atoms with Crippen LogP contribution in [0.4, 0.5) is 0 Å². The summed E-state index contributed by atoms with van der Waals surface area (Å²) in [6.07, 6.45) is 0. The first-order valence-electron chi connectivity index (χ1n) is 5.92. The molecule has 0 spiro atoms. The van der Waals surface area contributed by atoms with E-state index in [9.17, 15) is 13.2 Å². The fourth-order valence-corrected chi connectivity index (χ4v) is 2.47. The standard InChI is InChI=1S/C13H17ClO5S/c1-13(2,3)20(17,18)7-6-19-11-5-4-9(12(15)16)8-10(11)14/h4-5,8H,6-7H2,1-3H3,(H,15,16). The molecule has 7 heteroatoms. The Labute approximate surface area is 123 Å². The number of aromatic carboxylic acids is 1. The highest BCUT2D eigenvalue weighted by Gasteiger charge is 2.28. The summed E-state index contributed by atoms with van der Waals surface area (Å²) < 4.78 is 28.2. The van der Waals surface area contributed by atoms with Gasteiger partial charge >= 0.3 is 5.97 Å². The van der Waals surface area contributed by atoms with Crippen molar-refractivity contribution in [3.05, 3.63) is 28.8 Å². The first-order chi connectivity index (χ1) is 9.04. The lowest BCUT2D eigenvalue weighted by atomic mass is 10.2. The van der Waals surface area contributed by atoms with E-state index in [1.807, 2.05) is 0 Å². The molecule has 0 bridgehead atoms. The quantitative estimate of drug-likeness (QED) is 0.902. The van der Waals surface area contributed by atoms with Crippen molar-refractivity contribution in [2.45, 2.75) is 25.5 Å². The van der Waals surface area contributed by atoms with Crippen molar-refractivity contribution >= 4 is 27.4 Å². The number of rotatable bonds is 5. The lowest BCUT2D eigenvalue weighted by Crippen LogP contribution is -2.32. The van der Waals surface area contributed by atoms with Gasteiger partial charge in [0.1, 0.15) is 12.4 Å². The van der Waals surface area contributed by atoms with Gasteiger partial charge in [-0.3, -0.25) is 0 Å². The number of carboxylic acids is 1. The highest BCUT2D eigenvalue weighted by molar-refractivity contribution is 7.92. The molecule has 0 aliphatic rings. The third-order valence-electron chi connectivity index (χ3n) is 2.72. The van der Waals surface area contributed by atoms with Gasteiger partial charge in [-0.05, 0) is 39.0 Å². The van der Waals surface area contributed by atoms with Crippen molar-refractivity contribution in [3.8, 4) is 5.75 Å². The molecular weight excluding hydrogens is 304 g/mol. The average molecular weight is 321 g/mol. The lowest BCUT2D eigenvalue weighted by molar-refractivity contribution is 0.0697. The maximum atomic E-state index is 11.9. The lowest BCUT2D eigenvalue weighted by Gasteiger charge is -2.19. The third-order valence-corrected chi connectivity index (χ3v) is 5.59. The van der Waals surface area contributed by atoms with Gasteiger partial charge in [0.05, 0.1) is 21.1 Å². The predicted octanol–water partition coefficient (Wildman–Crippen LogP) is 2.63. The molecule has 0 amide bonds. The number of benzene rings is 1. The molecule has 1 aromatic carbocycles. The first-order valence-corrected chi connectivity index (χ1v) is 7.95. The van der Waals surface area contributed by atoms with Crippen molar-refractivity contribution in [1.29, 1.82) is 0 Å². The molecule has 0 unspecified atom stereocenters. The molecule has 1 N–H and O–H groups in total. The summed E-state index contributed by atoms with van der Waals surface area (Å²) >= 11 is 5.88.